The van der Waals surface area contributed by atoms with Crippen molar-refractivity contribution in [3.05, 3.63) is 12.2 Å². The molecule has 2 nitrogen and oxygen atoms in total. The third-order valence-electron chi connectivity index (χ3n) is 2.08. The van der Waals surface area contributed by atoms with Crippen LogP contribution in [0.3, 0.4) is 0 Å². The van der Waals surface area contributed by atoms with Gasteiger partial charge in [-0.25, -0.2) is 0 Å². The van der Waals surface area contributed by atoms with Crippen molar-refractivity contribution in [2.24, 2.45) is 0 Å². The molecule has 1 aliphatic heterocycles. The fraction of sp³-hybridized carbons (Fsp3) is 0.667. The maximum Gasteiger partial charge on any atom is 0.320 e. The molecule has 1 atom stereocenters. The molecule has 68 valence electrons. The molecule has 0 spiro atoms. The second-order valence-corrected chi connectivity index (χ2v) is 4.86. The van der Waals surface area contributed by atoms with Gasteiger partial charge in [0.1, 0.15) is 4.75 Å². The number of hydrogen-bond donors (Lipinski definition) is 1. The van der Waals surface area contributed by atoms with Crippen molar-refractivity contribution < 1.29 is 9.90 Å². The molecule has 1 rings (SSSR count). The highest BCUT2D eigenvalue weighted by molar-refractivity contribution is 8.01. The minimum Gasteiger partial charge on any atom is -0.480 e. The molecule has 3 heteroatoms. The maximum atomic E-state index is 11.0. The zero-order valence-corrected chi connectivity index (χ0v) is 8.12. The van der Waals surface area contributed by atoms with Crippen LogP contribution < -0.4 is 0 Å². The number of carboxylic acid groups (broad SMARTS) is 1. The molecule has 1 aliphatic rings. The molecule has 0 aromatic rings. The average Bonchev–Trinajstić information content (AvgIpc) is 2.35. The first-order chi connectivity index (χ1) is 5.57. The van der Waals surface area contributed by atoms with E-state index in [1.807, 2.05) is 6.92 Å². The number of thioether (sulfide) groups is 1. The zero-order valence-electron chi connectivity index (χ0n) is 7.30. The minimum atomic E-state index is -0.673. The van der Waals surface area contributed by atoms with E-state index < -0.39 is 10.7 Å². The van der Waals surface area contributed by atoms with Crippen molar-refractivity contribution in [1.82, 2.24) is 0 Å². The van der Waals surface area contributed by atoms with E-state index in [1.165, 1.54) is 0 Å². The summed E-state index contributed by atoms with van der Waals surface area (Å²) >= 11 is 1.57. The van der Waals surface area contributed by atoms with Gasteiger partial charge < -0.3 is 5.11 Å². The lowest BCUT2D eigenvalue weighted by atomic mass is 9.96. The summed E-state index contributed by atoms with van der Waals surface area (Å²) in [5.41, 5.74) is 0.965. The van der Waals surface area contributed by atoms with Gasteiger partial charge in [0.25, 0.3) is 0 Å². The first-order valence-electron chi connectivity index (χ1n) is 4.08. The largest absolute Gasteiger partial charge is 0.480 e. The Morgan fingerprint density at radius 3 is 2.75 bits per heavy atom. The summed E-state index contributed by atoms with van der Waals surface area (Å²) in [6, 6.07) is 0. The van der Waals surface area contributed by atoms with E-state index in [0.717, 1.165) is 24.2 Å². The molecule has 0 bridgehead atoms. The second kappa shape index (κ2) is 3.52. The van der Waals surface area contributed by atoms with Crippen molar-refractivity contribution in [3.63, 3.8) is 0 Å². The molecule has 1 N–H and O–H groups in total. The lowest BCUT2D eigenvalue weighted by molar-refractivity contribution is -0.139. The predicted octanol–water partition coefficient (Wildman–Crippen LogP) is 2.30. The van der Waals surface area contributed by atoms with Gasteiger partial charge in [-0.1, -0.05) is 5.57 Å². The van der Waals surface area contributed by atoms with E-state index in [2.05, 4.69) is 6.58 Å². The number of aliphatic carboxylic acids is 1. The molecule has 0 radical (unpaired) electrons. The van der Waals surface area contributed by atoms with Crippen LogP contribution in [0.4, 0.5) is 0 Å². The Morgan fingerprint density at radius 2 is 2.42 bits per heavy atom. The summed E-state index contributed by atoms with van der Waals surface area (Å²) in [4.78, 5) is 11.0. The van der Waals surface area contributed by atoms with E-state index in [1.54, 1.807) is 11.8 Å². The van der Waals surface area contributed by atoms with Gasteiger partial charge in [0.05, 0.1) is 0 Å². The first kappa shape index (κ1) is 9.65. The van der Waals surface area contributed by atoms with Crippen molar-refractivity contribution in [2.75, 3.05) is 5.75 Å². The summed E-state index contributed by atoms with van der Waals surface area (Å²) in [5, 5.41) is 9.05. The monoisotopic (exact) mass is 186 g/mol. The van der Waals surface area contributed by atoms with Gasteiger partial charge >= 0.3 is 5.97 Å². The van der Waals surface area contributed by atoms with Crippen LogP contribution in [-0.2, 0) is 4.79 Å². The Bertz CT molecular complexity index is 205. The molecule has 1 saturated heterocycles. The molecule has 1 fully saturated rings. The number of allylic oxidation sites excluding steroid dienone is 1. The Hall–Kier alpha value is -0.440. The van der Waals surface area contributed by atoms with Crippen LogP contribution in [-0.4, -0.2) is 21.6 Å². The maximum absolute atomic E-state index is 11.0. The summed E-state index contributed by atoms with van der Waals surface area (Å²) in [6.07, 6.45) is 2.43. The Morgan fingerprint density at radius 1 is 1.75 bits per heavy atom. The number of hydrogen-bond acceptors (Lipinski definition) is 2. The van der Waals surface area contributed by atoms with Gasteiger partial charge in [-0.2, -0.15) is 0 Å². The number of carboxylic acids is 1. The minimum absolute atomic E-state index is 0.550. The van der Waals surface area contributed by atoms with Gasteiger partial charge in [0.2, 0.25) is 0 Å². The van der Waals surface area contributed by atoms with E-state index in [0.29, 0.717) is 6.42 Å². The van der Waals surface area contributed by atoms with Crippen LogP contribution in [0.25, 0.3) is 0 Å². The van der Waals surface area contributed by atoms with Crippen molar-refractivity contribution in [3.8, 4) is 0 Å². The van der Waals surface area contributed by atoms with Crippen LogP contribution in [0.15, 0.2) is 12.2 Å². The lowest BCUT2D eigenvalue weighted by Gasteiger charge is -2.22. The highest BCUT2D eigenvalue weighted by Crippen LogP contribution is 2.42. The van der Waals surface area contributed by atoms with Gasteiger partial charge in [0.15, 0.2) is 0 Å². The Kier molecular flexibility index (Phi) is 2.83. The number of rotatable bonds is 3. The highest BCUT2D eigenvalue weighted by atomic mass is 32.2. The topological polar surface area (TPSA) is 37.3 Å². The molecular weight excluding hydrogens is 172 g/mol. The van der Waals surface area contributed by atoms with Gasteiger partial charge in [0, 0.05) is 0 Å². The molecule has 1 heterocycles. The molecule has 0 saturated carbocycles. The second-order valence-electron chi connectivity index (χ2n) is 3.39. The summed E-state index contributed by atoms with van der Waals surface area (Å²) in [7, 11) is 0. The Balaban J connectivity index is 2.72. The SMILES string of the molecule is C=C(C)CC1(C(=O)O)CCCS1. The van der Waals surface area contributed by atoms with Crippen LogP contribution in [0, 0.1) is 0 Å². The third-order valence-corrected chi connectivity index (χ3v) is 3.65. The summed E-state index contributed by atoms with van der Waals surface area (Å²) < 4.78 is -0.550. The quantitative estimate of drug-likeness (QED) is 0.687. The predicted molar refractivity (Wildman–Crippen MR) is 51.5 cm³/mol. The molecule has 1 unspecified atom stereocenters. The number of carbonyl (C=O) groups is 1. The summed E-state index contributed by atoms with van der Waals surface area (Å²) in [6.45, 7) is 5.66. The van der Waals surface area contributed by atoms with Crippen LogP contribution in [0.2, 0.25) is 0 Å². The van der Waals surface area contributed by atoms with Crippen LogP contribution in [0.1, 0.15) is 26.2 Å². The van der Waals surface area contributed by atoms with Crippen molar-refractivity contribution in [2.45, 2.75) is 30.9 Å². The normalized spacial score (nSPS) is 28.8. The van der Waals surface area contributed by atoms with E-state index in [-0.39, 0.29) is 0 Å². The fourth-order valence-corrected chi connectivity index (χ4v) is 3.01. The molecule has 0 amide bonds. The molecule has 0 aliphatic carbocycles. The van der Waals surface area contributed by atoms with Gasteiger partial charge in [-0.3, -0.25) is 4.79 Å². The van der Waals surface area contributed by atoms with E-state index in [9.17, 15) is 4.79 Å². The summed E-state index contributed by atoms with van der Waals surface area (Å²) in [5.74, 6) is 0.299. The highest BCUT2D eigenvalue weighted by Gasteiger charge is 2.41. The molecular formula is C9H14O2S. The first-order valence-corrected chi connectivity index (χ1v) is 5.07. The van der Waals surface area contributed by atoms with Crippen LogP contribution >= 0.6 is 11.8 Å². The van der Waals surface area contributed by atoms with E-state index >= 15 is 0 Å². The zero-order chi connectivity index (χ0) is 9.19. The molecule has 12 heavy (non-hydrogen) atoms. The molecule has 0 aromatic carbocycles. The van der Waals surface area contributed by atoms with Crippen LogP contribution in [0.5, 0.6) is 0 Å². The van der Waals surface area contributed by atoms with Gasteiger partial charge in [-0.05, 0) is 31.9 Å². The van der Waals surface area contributed by atoms with Crippen molar-refractivity contribution >= 4 is 17.7 Å². The smallest absolute Gasteiger partial charge is 0.320 e. The standard InChI is InChI=1S/C9H14O2S/c1-7(2)6-9(8(10)11)4-3-5-12-9/h1,3-6H2,2H3,(H,10,11). The lowest BCUT2D eigenvalue weighted by Crippen LogP contribution is -2.32. The fourth-order valence-electron chi connectivity index (χ4n) is 1.57. The average molecular weight is 186 g/mol. The third kappa shape index (κ3) is 1.83. The van der Waals surface area contributed by atoms with E-state index in [4.69, 9.17) is 5.11 Å². The van der Waals surface area contributed by atoms with Crippen molar-refractivity contribution in [1.29, 1.82) is 0 Å². The Labute approximate surface area is 77.0 Å². The van der Waals surface area contributed by atoms with Gasteiger partial charge in [-0.15, -0.1) is 18.3 Å². The molecule has 0 aromatic heterocycles.